The molecule has 168 valence electrons. The van der Waals surface area contributed by atoms with Gasteiger partial charge in [-0.25, -0.2) is 4.39 Å². The van der Waals surface area contributed by atoms with Crippen LogP contribution in [0.5, 0.6) is 17.8 Å². The van der Waals surface area contributed by atoms with Crippen LogP contribution in [0.1, 0.15) is 51.4 Å². The largest absolute Gasteiger partial charge is 0.494 e. The van der Waals surface area contributed by atoms with Gasteiger partial charge in [0.2, 0.25) is 5.95 Å². The van der Waals surface area contributed by atoms with Crippen molar-refractivity contribution in [2.75, 3.05) is 25.5 Å². The van der Waals surface area contributed by atoms with E-state index >= 15 is 0 Å². The lowest BCUT2D eigenvalue weighted by Gasteiger charge is -2.23. The molecule has 8 nitrogen and oxygen atoms in total. The first-order valence-corrected chi connectivity index (χ1v) is 11.1. The Morgan fingerprint density at radius 1 is 0.903 bits per heavy atom. The second-order valence-electron chi connectivity index (χ2n) is 8.00. The Bertz CT molecular complexity index is 855. The van der Waals surface area contributed by atoms with Gasteiger partial charge in [0.1, 0.15) is 12.2 Å². The number of piperidine rings is 1. The third-order valence-electron chi connectivity index (χ3n) is 5.63. The molecule has 1 aliphatic heterocycles. The topological polar surface area (TPSA) is 90.4 Å². The lowest BCUT2D eigenvalue weighted by atomic mass is 10.1. The quantitative estimate of drug-likeness (QED) is 0.636. The van der Waals surface area contributed by atoms with E-state index in [-0.39, 0.29) is 35.9 Å². The molecule has 1 aromatic heterocycles. The highest BCUT2D eigenvalue weighted by Gasteiger charge is 2.20. The molecule has 0 bridgehead atoms. The van der Waals surface area contributed by atoms with Gasteiger partial charge in [-0.15, -0.1) is 4.98 Å². The molecule has 4 rings (SSSR count). The standard InChI is InChI=1S/C22H30FN5O3/c1-29-19-9-8-15(14-18(19)23)25-20-26-21(30-16-6-4-2-3-5-7-16)28-22(27-20)31-17-10-12-24-13-11-17/h8-9,14,16-17,24H,2-7,10-13H2,1H3,(H,25,26,27,28). The van der Waals surface area contributed by atoms with E-state index in [0.29, 0.717) is 5.69 Å². The molecule has 2 aliphatic rings. The van der Waals surface area contributed by atoms with Gasteiger partial charge in [-0.1, -0.05) is 12.8 Å². The molecule has 0 spiro atoms. The van der Waals surface area contributed by atoms with Crippen LogP contribution in [0.2, 0.25) is 0 Å². The summed E-state index contributed by atoms with van der Waals surface area (Å²) in [7, 11) is 1.43. The number of rotatable bonds is 7. The molecule has 2 aromatic rings. The molecule has 0 radical (unpaired) electrons. The van der Waals surface area contributed by atoms with Crippen molar-refractivity contribution in [3.05, 3.63) is 24.0 Å². The van der Waals surface area contributed by atoms with E-state index < -0.39 is 5.82 Å². The number of hydrogen-bond acceptors (Lipinski definition) is 8. The third-order valence-corrected chi connectivity index (χ3v) is 5.63. The van der Waals surface area contributed by atoms with Gasteiger partial charge in [-0.3, -0.25) is 0 Å². The minimum atomic E-state index is -0.470. The number of methoxy groups -OCH3 is 1. The Morgan fingerprint density at radius 3 is 2.16 bits per heavy atom. The van der Waals surface area contributed by atoms with Gasteiger partial charge in [-0.2, -0.15) is 9.97 Å². The van der Waals surface area contributed by atoms with E-state index in [2.05, 4.69) is 25.6 Å². The zero-order valence-electron chi connectivity index (χ0n) is 17.9. The second kappa shape index (κ2) is 10.6. The van der Waals surface area contributed by atoms with Crippen molar-refractivity contribution in [3.8, 4) is 17.8 Å². The van der Waals surface area contributed by atoms with Crippen LogP contribution in [0.3, 0.4) is 0 Å². The summed E-state index contributed by atoms with van der Waals surface area (Å²) in [4.78, 5) is 13.2. The van der Waals surface area contributed by atoms with Crippen molar-refractivity contribution >= 4 is 11.6 Å². The molecule has 2 heterocycles. The minimum Gasteiger partial charge on any atom is -0.494 e. The van der Waals surface area contributed by atoms with Crippen LogP contribution in [-0.2, 0) is 0 Å². The Morgan fingerprint density at radius 2 is 1.55 bits per heavy atom. The molecule has 1 saturated carbocycles. The predicted molar refractivity (Wildman–Crippen MR) is 115 cm³/mol. The summed E-state index contributed by atoms with van der Waals surface area (Å²) in [5.41, 5.74) is 0.498. The molecule has 1 aliphatic carbocycles. The number of ether oxygens (including phenoxy) is 3. The molecular weight excluding hydrogens is 401 g/mol. The van der Waals surface area contributed by atoms with E-state index in [0.717, 1.165) is 51.6 Å². The first-order chi connectivity index (χ1) is 15.2. The maximum Gasteiger partial charge on any atom is 0.324 e. The van der Waals surface area contributed by atoms with E-state index in [1.807, 2.05) is 0 Å². The Kier molecular flexibility index (Phi) is 7.35. The van der Waals surface area contributed by atoms with Crippen molar-refractivity contribution in [1.29, 1.82) is 0 Å². The van der Waals surface area contributed by atoms with Crippen LogP contribution < -0.4 is 24.8 Å². The second-order valence-corrected chi connectivity index (χ2v) is 8.00. The molecule has 0 unspecified atom stereocenters. The number of nitrogens with one attached hydrogen (secondary N) is 2. The first-order valence-electron chi connectivity index (χ1n) is 11.1. The Labute approximate surface area is 181 Å². The number of aromatic nitrogens is 3. The highest BCUT2D eigenvalue weighted by Crippen LogP contribution is 2.26. The van der Waals surface area contributed by atoms with Crippen LogP contribution in [-0.4, -0.2) is 47.4 Å². The van der Waals surface area contributed by atoms with Crippen molar-refractivity contribution in [2.24, 2.45) is 0 Å². The van der Waals surface area contributed by atoms with Crippen molar-refractivity contribution in [1.82, 2.24) is 20.3 Å². The zero-order valence-corrected chi connectivity index (χ0v) is 17.9. The summed E-state index contributed by atoms with van der Waals surface area (Å²) in [5.74, 6) is -0.0386. The highest BCUT2D eigenvalue weighted by atomic mass is 19.1. The summed E-state index contributed by atoms with van der Waals surface area (Å²) in [6, 6.07) is 5.05. The molecule has 9 heteroatoms. The van der Waals surface area contributed by atoms with E-state index in [9.17, 15) is 4.39 Å². The molecular formula is C22H30FN5O3. The Hall–Kier alpha value is -2.68. The molecule has 1 aromatic carbocycles. The average molecular weight is 432 g/mol. The zero-order chi connectivity index (χ0) is 21.5. The van der Waals surface area contributed by atoms with E-state index in [1.165, 1.54) is 26.0 Å². The first kappa shape index (κ1) is 21.5. The predicted octanol–water partition coefficient (Wildman–Crippen LogP) is 4.00. The molecule has 0 atom stereocenters. The fraction of sp³-hybridized carbons (Fsp3) is 0.591. The average Bonchev–Trinajstić information content (AvgIpc) is 3.03. The van der Waals surface area contributed by atoms with Crippen LogP contribution in [0.4, 0.5) is 16.0 Å². The van der Waals surface area contributed by atoms with E-state index in [1.54, 1.807) is 12.1 Å². The maximum atomic E-state index is 14.1. The summed E-state index contributed by atoms with van der Waals surface area (Å²) >= 11 is 0. The van der Waals surface area contributed by atoms with Gasteiger partial charge in [-0.05, 0) is 63.7 Å². The summed E-state index contributed by atoms with van der Waals surface area (Å²) in [6.45, 7) is 1.80. The van der Waals surface area contributed by atoms with Gasteiger partial charge in [0.25, 0.3) is 0 Å². The summed E-state index contributed by atoms with van der Waals surface area (Å²) < 4.78 is 31.2. The van der Waals surface area contributed by atoms with E-state index in [4.69, 9.17) is 14.2 Å². The van der Waals surface area contributed by atoms with Crippen LogP contribution in [0.15, 0.2) is 18.2 Å². The lowest BCUT2D eigenvalue weighted by Crippen LogP contribution is -2.34. The van der Waals surface area contributed by atoms with Gasteiger partial charge >= 0.3 is 12.0 Å². The minimum absolute atomic E-state index is 0.0423. The van der Waals surface area contributed by atoms with Gasteiger partial charge in [0.15, 0.2) is 11.6 Å². The maximum absolute atomic E-state index is 14.1. The lowest BCUT2D eigenvalue weighted by molar-refractivity contribution is 0.137. The smallest absolute Gasteiger partial charge is 0.324 e. The fourth-order valence-electron chi connectivity index (χ4n) is 3.94. The number of benzene rings is 1. The normalized spacial score (nSPS) is 18.3. The molecule has 31 heavy (non-hydrogen) atoms. The number of hydrogen-bond donors (Lipinski definition) is 2. The van der Waals surface area contributed by atoms with Gasteiger partial charge < -0.3 is 24.8 Å². The number of nitrogens with zero attached hydrogens (tertiary/aromatic N) is 3. The van der Waals surface area contributed by atoms with Crippen molar-refractivity contribution in [3.63, 3.8) is 0 Å². The molecule has 1 saturated heterocycles. The summed E-state index contributed by atoms with van der Waals surface area (Å²) in [5, 5.41) is 6.35. The van der Waals surface area contributed by atoms with Gasteiger partial charge in [0, 0.05) is 11.8 Å². The highest BCUT2D eigenvalue weighted by molar-refractivity contribution is 5.55. The van der Waals surface area contributed by atoms with Crippen LogP contribution >= 0.6 is 0 Å². The SMILES string of the molecule is COc1ccc(Nc2nc(OC3CCCCCC3)nc(OC3CCNCC3)n2)cc1F. The summed E-state index contributed by atoms with van der Waals surface area (Å²) in [6.07, 6.45) is 8.63. The van der Waals surface area contributed by atoms with Crippen LogP contribution in [0, 0.1) is 5.82 Å². The fourth-order valence-corrected chi connectivity index (χ4v) is 3.94. The number of halogens is 1. The van der Waals surface area contributed by atoms with Crippen LogP contribution in [0.25, 0.3) is 0 Å². The van der Waals surface area contributed by atoms with Crippen molar-refractivity contribution < 1.29 is 18.6 Å². The molecule has 2 fully saturated rings. The Balaban J connectivity index is 1.54. The molecule has 2 N–H and O–H groups in total. The third kappa shape index (κ3) is 6.16. The monoisotopic (exact) mass is 431 g/mol. The number of anilines is 2. The van der Waals surface area contributed by atoms with Crippen molar-refractivity contribution in [2.45, 2.75) is 63.6 Å². The molecule has 0 amide bonds. The van der Waals surface area contributed by atoms with Gasteiger partial charge in [0.05, 0.1) is 7.11 Å².